The largest absolute Gasteiger partial charge is 1.00 e. The fourth-order valence-corrected chi connectivity index (χ4v) is 2.00. The molecule has 0 rings (SSSR count). The third-order valence-electron chi connectivity index (χ3n) is 0.944. The van der Waals surface area contributed by atoms with Gasteiger partial charge in [0.1, 0.15) is 0 Å². The van der Waals surface area contributed by atoms with Crippen molar-refractivity contribution in [2.45, 2.75) is 12.5 Å². The first kappa shape index (κ1) is 20.6. The van der Waals surface area contributed by atoms with Gasteiger partial charge in [0, 0.05) is 6.04 Å². The number of hydrogen-bond acceptors (Lipinski definition) is 6. The molecule has 0 aromatic carbocycles. The molecule has 0 bridgehead atoms. The normalized spacial score (nSPS) is 11.5. The molecule has 0 saturated heterocycles. The van der Waals surface area contributed by atoms with E-state index in [9.17, 15) is 14.4 Å². The van der Waals surface area contributed by atoms with Crippen LogP contribution in [0.15, 0.2) is 0 Å². The van der Waals surface area contributed by atoms with E-state index < -0.39 is 28.6 Å². The van der Waals surface area contributed by atoms with E-state index in [4.69, 9.17) is 14.4 Å². The van der Waals surface area contributed by atoms with Gasteiger partial charge in [0.15, 0.2) is 0 Å². The molecule has 0 radical (unpaired) electrons. The quantitative estimate of drug-likeness (QED) is 0.334. The maximum absolute atomic E-state index is 9.96. The molecule has 6 nitrogen and oxygen atoms in total. The van der Waals surface area contributed by atoms with Gasteiger partial charge in [-0.15, -0.1) is 0 Å². The topological polar surface area (TPSA) is 124 Å². The summed E-state index contributed by atoms with van der Waals surface area (Å²) >= 11 is 0. The van der Waals surface area contributed by atoms with Crippen LogP contribution >= 0.6 is 7.60 Å². The van der Waals surface area contributed by atoms with Crippen LogP contribution < -0.4 is 68.9 Å². The van der Waals surface area contributed by atoms with Gasteiger partial charge in [-0.3, -0.25) is 0 Å². The molecule has 3 N–H and O–H groups in total. The molecule has 68 valence electrons. The molecule has 0 amide bonds. The molecule has 0 aliphatic rings. The summed E-state index contributed by atoms with van der Waals surface area (Å²) in [6, 6.07) is -0.415. The molecule has 0 aliphatic heterocycles. The smallest absolute Gasteiger partial charge is 0.811 e. The third-order valence-corrected chi connectivity index (χ3v) is 2.83. The molecule has 0 spiro atoms. The van der Waals surface area contributed by atoms with Crippen LogP contribution in [-0.4, -0.2) is 29.4 Å². The van der Waals surface area contributed by atoms with Crippen molar-refractivity contribution in [1.82, 2.24) is 0 Å². The van der Waals surface area contributed by atoms with Crippen molar-refractivity contribution >= 4 is 16.4 Å². The van der Waals surface area contributed by atoms with E-state index in [2.05, 4.69) is 0 Å². The second-order valence-corrected chi connectivity index (χ2v) is 5.93. The van der Waals surface area contributed by atoms with E-state index in [0.717, 1.165) is 0 Å². The maximum Gasteiger partial charge on any atom is 1.00 e. The molecule has 0 aromatic heterocycles. The van der Waals surface area contributed by atoms with Crippen LogP contribution in [-0.2, 0) is 4.57 Å². The zero-order valence-electron chi connectivity index (χ0n) is 7.63. The zero-order chi connectivity index (χ0) is 9.12. The average molecular weight is 246 g/mol. The van der Waals surface area contributed by atoms with E-state index in [1.807, 2.05) is 0 Å². The van der Waals surface area contributed by atoms with Crippen molar-refractivity contribution in [3.05, 3.63) is 0 Å². The predicted molar refractivity (Wildman–Crippen MR) is 34.3 cm³/mol. The van der Waals surface area contributed by atoms with Gasteiger partial charge >= 0.3 is 67.9 Å². The number of rotatable bonds is 4. The van der Waals surface area contributed by atoms with Gasteiger partial charge in [-0.2, -0.15) is 0 Å². The monoisotopic (exact) mass is 246 g/mol. The van der Waals surface area contributed by atoms with Gasteiger partial charge in [0.2, 0.25) is 0 Å². The average Bonchev–Trinajstić information content (AvgIpc) is 1.55. The van der Waals surface area contributed by atoms with Gasteiger partial charge in [0.25, 0.3) is 0 Å². The Morgan fingerprint density at radius 1 is 1.15 bits per heavy atom. The Bertz CT molecular complexity index is 166. The molecule has 0 saturated carbocycles. The van der Waals surface area contributed by atoms with Crippen molar-refractivity contribution in [3.8, 4) is 0 Å². The predicted octanol–water partition coefficient (Wildman–Crippen LogP) is -8.79. The minimum Gasteiger partial charge on any atom is -0.811 e. The Balaban J connectivity index is -0.000000500. The Kier molecular flexibility index (Phi) is 13.3. The molecular weight excluding hydrogens is 237 g/mol. The van der Waals surface area contributed by atoms with E-state index in [1.54, 1.807) is 0 Å². The van der Waals surface area contributed by atoms with Crippen LogP contribution in [0.1, 0.15) is 6.42 Å². The maximum atomic E-state index is 9.96. The van der Waals surface area contributed by atoms with Gasteiger partial charge in [-0.05, 0) is 12.6 Å². The van der Waals surface area contributed by atoms with Crippen molar-refractivity contribution in [1.29, 1.82) is 0 Å². The molecule has 0 aromatic rings. The summed E-state index contributed by atoms with van der Waals surface area (Å²) in [6.07, 6.45) is -0.858. The summed E-state index contributed by atoms with van der Waals surface area (Å²) in [5.41, 5.74) is 0. The summed E-state index contributed by atoms with van der Waals surface area (Å²) in [7, 11) is -8.72. The van der Waals surface area contributed by atoms with Crippen LogP contribution in [0, 0.1) is 0 Å². The van der Waals surface area contributed by atoms with Crippen LogP contribution in [0.5, 0.6) is 0 Å². The van der Waals surface area contributed by atoms with Crippen molar-refractivity contribution in [2.75, 3.05) is 6.16 Å². The summed E-state index contributed by atoms with van der Waals surface area (Å²) in [4.78, 5) is 45.0. The van der Waals surface area contributed by atoms with E-state index in [1.165, 1.54) is 0 Å². The van der Waals surface area contributed by atoms with Crippen LogP contribution in [0.2, 0.25) is 6.04 Å². The summed E-state index contributed by atoms with van der Waals surface area (Å²) in [5.74, 6) is 0. The molecule has 0 unspecified atom stereocenters. The van der Waals surface area contributed by atoms with Gasteiger partial charge in [-0.1, -0.05) is 7.60 Å². The van der Waals surface area contributed by atoms with Crippen LogP contribution in [0.4, 0.5) is 0 Å². The third kappa shape index (κ3) is 20.4. The molecule has 0 atom stereocenters. The fraction of sp³-hybridized carbons (Fsp3) is 1.00. The summed E-state index contributed by atoms with van der Waals surface area (Å²) in [6.45, 7) is 0. The molecule has 0 aliphatic carbocycles. The first-order valence-corrected chi connectivity index (χ1v) is 6.66. The van der Waals surface area contributed by atoms with Gasteiger partial charge < -0.3 is 28.7 Å². The Labute approximate surface area is 121 Å². The summed E-state index contributed by atoms with van der Waals surface area (Å²) in [5, 5.41) is 0. The van der Waals surface area contributed by atoms with E-state index in [-0.39, 0.29) is 65.5 Å². The molecule has 0 heterocycles. The number of hydrogen-bond donors (Lipinski definition) is 3. The second-order valence-electron chi connectivity index (χ2n) is 2.21. The van der Waals surface area contributed by atoms with E-state index >= 15 is 0 Å². The minimum atomic E-state index is -4.56. The van der Waals surface area contributed by atoms with Crippen LogP contribution in [0.3, 0.4) is 0 Å². The fourth-order valence-electron chi connectivity index (χ4n) is 0.510. The summed E-state index contributed by atoms with van der Waals surface area (Å²) < 4.78 is 9.96. The minimum absolute atomic E-state index is 0. The first-order valence-electron chi connectivity index (χ1n) is 2.89. The Morgan fingerprint density at radius 2 is 1.54 bits per heavy atom. The molecule has 10 heteroatoms. The molecular formula is C3H9Na2O6PSi. The zero-order valence-corrected chi connectivity index (χ0v) is 13.5. The SMILES string of the molecule is O=P([O-])([O-])CCC[Si](O)(O)O.[Na+].[Na+]. The molecule has 0 fully saturated rings. The standard InChI is InChI=1S/C3H11O6PSi.2Na/c4-10(5,6)2-1-3-11(7,8)9;;/h7-9H,1-3H2,(H2,4,5,6);;/q;2*+1/p-2. The van der Waals surface area contributed by atoms with Crippen molar-refractivity contribution in [2.24, 2.45) is 0 Å². The molecule has 13 heavy (non-hydrogen) atoms. The van der Waals surface area contributed by atoms with Gasteiger partial charge in [-0.25, -0.2) is 0 Å². The Morgan fingerprint density at radius 3 is 1.77 bits per heavy atom. The van der Waals surface area contributed by atoms with Crippen molar-refractivity contribution < 1.29 is 87.9 Å². The second kappa shape index (κ2) is 8.40. The first-order chi connectivity index (χ1) is 4.71. The van der Waals surface area contributed by atoms with Gasteiger partial charge in [0.05, 0.1) is 0 Å². The Hall–Kier alpha value is 2.25. The van der Waals surface area contributed by atoms with Crippen LogP contribution in [0.25, 0.3) is 0 Å². The van der Waals surface area contributed by atoms with Crippen molar-refractivity contribution in [3.63, 3.8) is 0 Å². The van der Waals surface area contributed by atoms with E-state index in [0.29, 0.717) is 0 Å².